The molecule has 0 unspecified atom stereocenters. The van der Waals surface area contributed by atoms with Gasteiger partial charge in [-0.15, -0.1) is 0 Å². The lowest BCUT2D eigenvalue weighted by Gasteiger charge is -2.44. The number of alkyl halides is 3. The first-order chi connectivity index (χ1) is 16.5. The number of aromatic nitrogens is 1. The molecule has 1 aromatic heterocycles. The van der Waals surface area contributed by atoms with E-state index < -0.39 is 17.7 Å². The van der Waals surface area contributed by atoms with Gasteiger partial charge in [0.25, 0.3) is 0 Å². The highest BCUT2D eigenvalue weighted by Gasteiger charge is 2.32. The minimum Gasteiger partial charge on any atom is -0.492 e. The fraction of sp³-hybridized carbons (Fsp3) is 0.440. The Morgan fingerprint density at radius 1 is 1.17 bits per heavy atom. The van der Waals surface area contributed by atoms with Crippen LogP contribution in [0, 0.1) is 6.92 Å². The van der Waals surface area contributed by atoms with Crippen molar-refractivity contribution < 1.29 is 27.8 Å². The van der Waals surface area contributed by atoms with E-state index in [1.165, 1.54) is 23.5 Å². The highest BCUT2D eigenvalue weighted by Crippen LogP contribution is 2.36. The molecule has 2 aromatic carbocycles. The Balaban J connectivity index is 1.38. The van der Waals surface area contributed by atoms with E-state index in [0.29, 0.717) is 47.8 Å². The van der Waals surface area contributed by atoms with Gasteiger partial charge in [0.05, 0.1) is 22.2 Å². The topological polar surface area (TPSA) is 65.9 Å². The Morgan fingerprint density at radius 2 is 1.89 bits per heavy atom. The first-order valence-corrected chi connectivity index (χ1v) is 12.3. The summed E-state index contributed by atoms with van der Waals surface area (Å²) < 4.78 is 45.7. The van der Waals surface area contributed by atoms with Crippen molar-refractivity contribution in [2.75, 3.05) is 31.1 Å². The van der Waals surface area contributed by atoms with Crippen LogP contribution >= 0.6 is 11.3 Å². The van der Waals surface area contributed by atoms with Gasteiger partial charge in [-0.2, -0.15) is 13.2 Å². The number of aliphatic carboxylic acids is 1. The molecule has 35 heavy (non-hydrogen) atoms. The lowest BCUT2D eigenvalue weighted by Crippen LogP contribution is -2.57. The summed E-state index contributed by atoms with van der Waals surface area (Å²) in [6.07, 6.45) is -4.42. The van der Waals surface area contributed by atoms with E-state index in [0.717, 1.165) is 16.8 Å². The summed E-state index contributed by atoms with van der Waals surface area (Å²) in [5.74, 6) is -0.190. The second-order valence-electron chi connectivity index (χ2n) is 9.04. The van der Waals surface area contributed by atoms with E-state index in [1.54, 1.807) is 12.1 Å². The number of carbonyl (C=O) groups is 1. The number of hydrogen-bond acceptors (Lipinski definition) is 6. The van der Waals surface area contributed by atoms with E-state index in [1.807, 2.05) is 13.0 Å². The van der Waals surface area contributed by atoms with Crippen LogP contribution < -0.4 is 9.64 Å². The number of benzene rings is 2. The lowest BCUT2D eigenvalue weighted by atomic mass is 10.1. The standard InChI is InChI=1S/C25H28F3N3O3S/c1-15-4-5-18(11-23(32)33)10-21(15)34-9-8-31-16(2)13-30(14-17(31)3)24-29-20-7-6-19(25(26,27)28)12-22(20)35-24/h4-7,10,12,16-17H,8-9,11,13-14H2,1-3H3,(H,32,33)/t16-,17+. The predicted octanol–water partition coefficient (Wildman–Crippen LogP) is 5.23. The molecule has 0 bridgehead atoms. The van der Waals surface area contributed by atoms with Crippen LogP contribution in [0.5, 0.6) is 5.75 Å². The van der Waals surface area contributed by atoms with Gasteiger partial charge in [0.1, 0.15) is 12.4 Å². The van der Waals surface area contributed by atoms with Gasteiger partial charge in [-0.05, 0) is 56.2 Å². The lowest BCUT2D eigenvalue weighted by molar-refractivity contribution is -0.138. The molecule has 3 aromatic rings. The highest BCUT2D eigenvalue weighted by molar-refractivity contribution is 7.22. The monoisotopic (exact) mass is 507 g/mol. The highest BCUT2D eigenvalue weighted by atomic mass is 32.1. The van der Waals surface area contributed by atoms with Crippen LogP contribution in [0.15, 0.2) is 36.4 Å². The van der Waals surface area contributed by atoms with E-state index >= 15 is 0 Å². The van der Waals surface area contributed by atoms with Crippen molar-refractivity contribution in [1.82, 2.24) is 9.88 Å². The maximum Gasteiger partial charge on any atom is 0.416 e. The van der Waals surface area contributed by atoms with E-state index in [-0.39, 0.29) is 18.5 Å². The minimum absolute atomic E-state index is 0.0457. The molecule has 1 saturated heterocycles. The van der Waals surface area contributed by atoms with Crippen LogP contribution in [0.25, 0.3) is 10.2 Å². The second-order valence-corrected chi connectivity index (χ2v) is 10.0. The molecular weight excluding hydrogens is 479 g/mol. The molecule has 0 radical (unpaired) electrons. The molecular formula is C25H28F3N3O3S. The van der Waals surface area contributed by atoms with Gasteiger partial charge >= 0.3 is 12.1 Å². The molecule has 0 spiro atoms. The van der Waals surface area contributed by atoms with Crippen LogP contribution in [0.3, 0.4) is 0 Å². The summed E-state index contributed by atoms with van der Waals surface area (Å²) >= 11 is 1.29. The van der Waals surface area contributed by atoms with Crippen LogP contribution in [0.4, 0.5) is 18.3 Å². The number of aryl methyl sites for hydroxylation is 1. The van der Waals surface area contributed by atoms with Crippen molar-refractivity contribution in [3.8, 4) is 5.75 Å². The number of hydrogen-bond donors (Lipinski definition) is 1. The van der Waals surface area contributed by atoms with Gasteiger partial charge < -0.3 is 14.7 Å². The average Bonchev–Trinajstić information content (AvgIpc) is 3.20. The number of halogens is 3. The number of anilines is 1. The van der Waals surface area contributed by atoms with Gasteiger partial charge in [0.15, 0.2) is 5.13 Å². The van der Waals surface area contributed by atoms with Gasteiger partial charge in [-0.1, -0.05) is 23.5 Å². The predicted molar refractivity (Wildman–Crippen MR) is 130 cm³/mol. The van der Waals surface area contributed by atoms with Crippen molar-refractivity contribution in [1.29, 1.82) is 0 Å². The maximum absolute atomic E-state index is 13.1. The Hall–Kier alpha value is -2.85. The zero-order valence-electron chi connectivity index (χ0n) is 19.8. The number of ether oxygens (including phenoxy) is 1. The van der Waals surface area contributed by atoms with Crippen LogP contribution in [0.2, 0.25) is 0 Å². The third kappa shape index (κ3) is 5.87. The average molecular weight is 508 g/mol. The molecule has 6 nitrogen and oxygen atoms in total. The van der Waals surface area contributed by atoms with Gasteiger partial charge in [0, 0.05) is 31.7 Å². The fourth-order valence-electron chi connectivity index (χ4n) is 4.52. The van der Waals surface area contributed by atoms with E-state index in [4.69, 9.17) is 9.84 Å². The number of nitrogens with zero attached hydrogens (tertiary/aromatic N) is 3. The minimum atomic E-state index is -4.37. The number of thiazole rings is 1. The number of carboxylic acids is 1. The molecule has 4 rings (SSSR count). The Kier molecular flexibility index (Phi) is 7.23. The molecule has 2 atom stereocenters. The zero-order chi connectivity index (χ0) is 25.3. The Bertz CT molecular complexity index is 1200. The molecule has 10 heteroatoms. The SMILES string of the molecule is Cc1ccc(CC(=O)O)cc1OCCN1[C@H](C)CN(c2nc3ccc(C(F)(F)F)cc3s2)C[C@@H]1C. The second kappa shape index (κ2) is 10.0. The van der Waals surface area contributed by atoms with Gasteiger partial charge in [0.2, 0.25) is 0 Å². The summed E-state index contributed by atoms with van der Waals surface area (Å²) in [5, 5.41) is 9.76. The number of piperazine rings is 1. The van der Waals surface area contributed by atoms with Crippen LogP contribution in [-0.4, -0.2) is 59.3 Å². The van der Waals surface area contributed by atoms with Gasteiger partial charge in [-0.3, -0.25) is 9.69 Å². The summed E-state index contributed by atoms with van der Waals surface area (Å²) in [7, 11) is 0. The van der Waals surface area contributed by atoms with Gasteiger partial charge in [-0.25, -0.2) is 4.98 Å². The number of fused-ring (bicyclic) bond motifs is 1. The first kappa shape index (κ1) is 25.2. The first-order valence-electron chi connectivity index (χ1n) is 11.4. The van der Waals surface area contributed by atoms with Crippen molar-refractivity contribution in [2.45, 2.75) is 45.5 Å². The molecule has 188 valence electrons. The smallest absolute Gasteiger partial charge is 0.416 e. The third-order valence-electron chi connectivity index (χ3n) is 6.29. The molecule has 1 N–H and O–H groups in total. The Morgan fingerprint density at radius 3 is 2.54 bits per heavy atom. The van der Waals surface area contributed by atoms with Crippen molar-refractivity contribution >= 4 is 32.7 Å². The summed E-state index contributed by atoms with van der Waals surface area (Å²) in [6.45, 7) is 8.76. The third-order valence-corrected chi connectivity index (χ3v) is 7.37. The van der Waals surface area contributed by atoms with E-state index in [9.17, 15) is 18.0 Å². The molecule has 1 aliphatic rings. The maximum atomic E-state index is 13.1. The molecule has 0 amide bonds. The van der Waals surface area contributed by atoms with Crippen molar-refractivity contribution in [3.63, 3.8) is 0 Å². The van der Waals surface area contributed by atoms with Crippen LogP contribution in [-0.2, 0) is 17.4 Å². The Labute approximate surface area is 205 Å². The molecule has 1 fully saturated rings. The summed E-state index contributed by atoms with van der Waals surface area (Å²) in [5.41, 5.74) is 1.58. The van der Waals surface area contributed by atoms with E-state index in [2.05, 4.69) is 28.6 Å². The number of rotatable bonds is 7. The summed E-state index contributed by atoms with van der Waals surface area (Å²) in [4.78, 5) is 20.1. The largest absolute Gasteiger partial charge is 0.492 e. The summed E-state index contributed by atoms with van der Waals surface area (Å²) in [6, 6.07) is 9.52. The molecule has 1 aliphatic heterocycles. The normalized spacial score (nSPS) is 19.3. The zero-order valence-corrected chi connectivity index (χ0v) is 20.6. The fourth-order valence-corrected chi connectivity index (χ4v) is 5.55. The van der Waals surface area contributed by atoms with Crippen molar-refractivity contribution in [3.05, 3.63) is 53.1 Å². The number of carboxylic acid groups (broad SMARTS) is 1. The van der Waals surface area contributed by atoms with Crippen LogP contribution in [0.1, 0.15) is 30.5 Å². The molecule has 2 heterocycles. The van der Waals surface area contributed by atoms with Crippen molar-refractivity contribution in [2.24, 2.45) is 0 Å². The molecule has 0 saturated carbocycles. The molecule has 0 aliphatic carbocycles. The quantitative estimate of drug-likeness (QED) is 0.473.